The predicted molar refractivity (Wildman–Crippen MR) is 19.3 cm³/mol. The van der Waals surface area contributed by atoms with E-state index in [2.05, 4.69) is 0 Å². The normalized spacial score (nSPS) is 0. The van der Waals surface area contributed by atoms with Crippen molar-refractivity contribution in [2.75, 3.05) is 0 Å². The molecule has 0 aliphatic rings. The molecule has 0 atom stereocenters. The van der Waals surface area contributed by atoms with Gasteiger partial charge in [0.25, 0.3) is 0 Å². The van der Waals surface area contributed by atoms with Crippen LogP contribution in [0.15, 0.2) is 0 Å². The molecule has 7 heavy (non-hydrogen) atoms. The summed E-state index contributed by atoms with van der Waals surface area (Å²) < 4.78 is 0. The van der Waals surface area contributed by atoms with Crippen LogP contribution in [0.1, 0.15) is 0 Å². The summed E-state index contributed by atoms with van der Waals surface area (Å²) in [5.74, 6) is 0. The van der Waals surface area contributed by atoms with E-state index in [1.54, 1.807) is 0 Å². The molecule has 0 aliphatic carbocycles. The van der Waals surface area contributed by atoms with Gasteiger partial charge in [0, 0.05) is 21.7 Å². The van der Waals surface area contributed by atoms with E-state index in [1.165, 1.54) is 0 Å². The standard InChI is InChI=1S/Ba.Ge.4H2O.Ti/h;;4*1H2;/q+2;+4;;;;;/p-4. The summed E-state index contributed by atoms with van der Waals surface area (Å²) >= 11 is 0. The summed E-state index contributed by atoms with van der Waals surface area (Å²) in [5.41, 5.74) is 0. The maximum absolute atomic E-state index is 0. The Morgan fingerprint density at radius 3 is 0.571 bits per heavy atom. The van der Waals surface area contributed by atoms with Crippen LogP contribution in [0.25, 0.3) is 0 Å². The molecular weight excluding hydrogens is 322 g/mol. The Labute approximate surface area is 108 Å². The molecule has 0 fully saturated rings. The minimum atomic E-state index is 0. The molecular formula is H4BaGeO4Ti+2. The van der Waals surface area contributed by atoms with Crippen molar-refractivity contribution in [1.29, 1.82) is 0 Å². The molecule has 0 aromatic carbocycles. The van der Waals surface area contributed by atoms with E-state index >= 15 is 0 Å². The number of hydrogen-bond donors (Lipinski definition) is 0. The molecule has 0 unspecified atom stereocenters. The Kier molecular flexibility index (Phi) is 1040. The third-order valence-corrected chi connectivity index (χ3v) is 0. The molecule has 0 aliphatic heterocycles. The summed E-state index contributed by atoms with van der Waals surface area (Å²) in [4.78, 5) is 0. The average Bonchev–Trinajstić information content (AvgIpc) is 0. The van der Waals surface area contributed by atoms with E-state index in [-0.39, 0.29) is 110 Å². The molecule has 4 nitrogen and oxygen atoms in total. The van der Waals surface area contributed by atoms with Gasteiger partial charge in [0.15, 0.2) is 0 Å². The van der Waals surface area contributed by atoms with Gasteiger partial charge in [0.05, 0.1) is 0 Å². The van der Waals surface area contributed by atoms with Crippen LogP contribution in [-0.4, -0.2) is 88.4 Å². The third-order valence-electron chi connectivity index (χ3n) is 0. The Morgan fingerprint density at radius 2 is 0.571 bits per heavy atom. The van der Waals surface area contributed by atoms with Gasteiger partial charge in [0.2, 0.25) is 0 Å². The summed E-state index contributed by atoms with van der Waals surface area (Å²) in [6.07, 6.45) is 0. The molecule has 7 heteroatoms. The average molecular weight is 326 g/mol. The van der Waals surface area contributed by atoms with Crippen LogP contribution >= 0.6 is 0 Å². The van der Waals surface area contributed by atoms with E-state index in [9.17, 15) is 0 Å². The molecule has 0 heterocycles. The first-order chi connectivity index (χ1) is 0. The zero-order valence-electron chi connectivity index (χ0n) is 3.50. The first-order valence-corrected chi connectivity index (χ1v) is 0. The van der Waals surface area contributed by atoms with Gasteiger partial charge in [-0.1, -0.05) is 0 Å². The van der Waals surface area contributed by atoms with Gasteiger partial charge in [-0.05, 0) is 0 Å². The molecule has 0 aromatic rings. The third kappa shape index (κ3) is 54.1. The molecule has 0 bridgehead atoms. The summed E-state index contributed by atoms with van der Waals surface area (Å²) in [7, 11) is 0. The van der Waals surface area contributed by atoms with Gasteiger partial charge in [-0.2, -0.15) is 0 Å². The van der Waals surface area contributed by atoms with E-state index in [1.807, 2.05) is 0 Å². The van der Waals surface area contributed by atoms with Gasteiger partial charge in [0.1, 0.15) is 0 Å². The molecule has 0 saturated carbocycles. The van der Waals surface area contributed by atoms with Crippen molar-refractivity contribution in [3.63, 3.8) is 0 Å². The monoisotopic (exact) mass is 328 g/mol. The number of hydrogen-bond acceptors (Lipinski definition) is 4. The zero-order chi connectivity index (χ0) is 0. The molecule has 36 valence electrons. The quantitative estimate of drug-likeness (QED) is 0.505. The Morgan fingerprint density at radius 1 is 0.571 bits per heavy atom. The first kappa shape index (κ1) is 102. The van der Waals surface area contributed by atoms with Gasteiger partial charge < -0.3 is 21.9 Å². The summed E-state index contributed by atoms with van der Waals surface area (Å²) in [6.45, 7) is 0. The van der Waals surface area contributed by atoms with E-state index in [0.29, 0.717) is 0 Å². The van der Waals surface area contributed by atoms with Crippen LogP contribution < -0.4 is 0 Å². The van der Waals surface area contributed by atoms with Gasteiger partial charge in [-0.25, -0.2) is 0 Å². The summed E-state index contributed by atoms with van der Waals surface area (Å²) in [5, 5.41) is 0. The second-order valence-electron chi connectivity index (χ2n) is 0. The minimum absolute atomic E-state index is 0. The molecule has 0 aromatic heterocycles. The molecule has 0 rings (SSSR count). The maximum atomic E-state index is 0. The van der Waals surface area contributed by atoms with Crippen molar-refractivity contribution >= 4 is 66.5 Å². The van der Waals surface area contributed by atoms with Crippen LogP contribution in [0.5, 0.6) is 0 Å². The second-order valence-corrected chi connectivity index (χ2v) is 0. The molecule has 4 N–H and O–H groups in total. The maximum Gasteiger partial charge on any atom is 4.00 e. The van der Waals surface area contributed by atoms with Crippen LogP contribution in [0.4, 0.5) is 0 Å². The largest absolute Gasteiger partial charge is 4.00 e. The van der Waals surface area contributed by atoms with Crippen LogP contribution in [0.2, 0.25) is 0 Å². The topological polar surface area (TPSA) is 120 Å². The Hall–Kier alpha value is 2.67. The second kappa shape index (κ2) is 71.6. The molecule has 0 radical (unpaired) electrons. The first-order valence-electron chi connectivity index (χ1n) is 0. The van der Waals surface area contributed by atoms with E-state index in [0.717, 1.165) is 0 Å². The predicted octanol–water partition coefficient (Wildman–Crippen LogP) is -1.47. The molecule has 0 saturated heterocycles. The molecule has 0 spiro atoms. The van der Waals surface area contributed by atoms with Crippen molar-refractivity contribution in [3.05, 3.63) is 0 Å². The fourth-order valence-corrected chi connectivity index (χ4v) is 0. The Bertz CT molecular complexity index is 11.7. The summed E-state index contributed by atoms with van der Waals surface area (Å²) in [6, 6.07) is 0. The Balaban J connectivity index is 0. The fraction of sp³-hybridized carbons (Fsp3) is 0. The van der Waals surface area contributed by atoms with Gasteiger partial charge >= 0.3 is 66.5 Å². The zero-order valence-corrected chi connectivity index (χ0v) is 11.6. The van der Waals surface area contributed by atoms with Crippen LogP contribution in [0, 0.1) is 0 Å². The SMILES string of the molecule is [Ba+2].[Ge+4].[OH-].[OH-].[OH-].[OH-].[Ti]. The van der Waals surface area contributed by atoms with Crippen molar-refractivity contribution in [1.82, 2.24) is 0 Å². The van der Waals surface area contributed by atoms with Crippen LogP contribution in [-0.2, 0) is 21.7 Å². The van der Waals surface area contributed by atoms with Gasteiger partial charge in [-0.15, -0.1) is 0 Å². The van der Waals surface area contributed by atoms with Gasteiger partial charge in [-0.3, -0.25) is 0 Å². The minimum Gasteiger partial charge on any atom is -0.870 e. The van der Waals surface area contributed by atoms with E-state index in [4.69, 9.17) is 0 Å². The fourth-order valence-electron chi connectivity index (χ4n) is 0. The smallest absolute Gasteiger partial charge is 0.870 e. The van der Waals surface area contributed by atoms with Crippen molar-refractivity contribution < 1.29 is 43.6 Å². The van der Waals surface area contributed by atoms with Crippen LogP contribution in [0.3, 0.4) is 0 Å². The number of rotatable bonds is 0. The van der Waals surface area contributed by atoms with Crippen molar-refractivity contribution in [2.45, 2.75) is 0 Å². The van der Waals surface area contributed by atoms with E-state index < -0.39 is 0 Å². The van der Waals surface area contributed by atoms with Crippen molar-refractivity contribution in [2.24, 2.45) is 0 Å². The molecule has 0 amide bonds. The van der Waals surface area contributed by atoms with Crippen molar-refractivity contribution in [3.8, 4) is 0 Å².